The van der Waals surface area contributed by atoms with Crippen LogP contribution in [0, 0.1) is 11.7 Å². The average Bonchev–Trinajstić information content (AvgIpc) is 3.07. The molecule has 1 aromatic carbocycles. The number of aromatic amines is 1. The first-order chi connectivity index (χ1) is 11.8. The van der Waals surface area contributed by atoms with E-state index in [0.717, 1.165) is 0 Å². The topological polar surface area (TPSA) is 63.8 Å². The van der Waals surface area contributed by atoms with Crippen LogP contribution in [0.1, 0.15) is 17.1 Å². The fourth-order valence-corrected chi connectivity index (χ4v) is 2.60. The number of aryl methyl sites for hydroxylation is 1. The number of halogens is 4. The lowest BCUT2D eigenvalue weighted by atomic mass is 10.3. The van der Waals surface area contributed by atoms with E-state index in [1.807, 2.05) is 18.2 Å². The van der Waals surface area contributed by atoms with Crippen LogP contribution in [-0.2, 0) is 6.18 Å². The molecule has 25 heavy (non-hydrogen) atoms. The Labute approximate surface area is 149 Å². The van der Waals surface area contributed by atoms with Crippen LogP contribution in [-0.4, -0.2) is 30.9 Å². The molecule has 0 saturated carbocycles. The first-order valence-electron chi connectivity index (χ1n) is 6.88. The predicted molar refractivity (Wildman–Crippen MR) is 88.7 cm³/mol. The predicted octanol–water partition coefficient (Wildman–Crippen LogP) is 3.99. The molecule has 0 saturated heterocycles. The fraction of sp³-hybridized carbons (Fsp3) is 0.143. The molecule has 0 radical (unpaired) electrons. The summed E-state index contributed by atoms with van der Waals surface area (Å²) in [6.07, 6.45) is -3.53. The lowest BCUT2D eigenvalue weighted by Crippen LogP contribution is -2.12. The van der Waals surface area contributed by atoms with Crippen molar-refractivity contribution in [3.8, 4) is 5.69 Å². The van der Waals surface area contributed by atoms with Gasteiger partial charge in [0, 0.05) is 0 Å². The smallest absolute Gasteiger partial charge is 0.250 e. The standard InChI is InChI=1S/C14H10ClF3N6S/c1-8-10(11(15)23(22-8)9-5-3-2-4-6-9)7-19-24-12(14(16,17)18)20-21-13(24)25/h2-7H,1H3,(H,21,25)/b19-7+. The van der Waals surface area contributed by atoms with Crippen molar-refractivity contribution >= 4 is 30.0 Å². The van der Waals surface area contributed by atoms with Gasteiger partial charge in [-0.3, -0.25) is 0 Å². The molecule has 3 aromatic rings. The average molecular weight is 387 g/mol. The molecule has 0 bridgehead atoms. The Bertz CT molecular complexity index is 986. The van der Waals surface area contributed by atoms with Crippen LogP contribution in [0.5, 0.6) is 0 Å². The number of nitrogens with zero attached hydrogens (tertiary/aromatic N) is 5. The van der Waals surface area contributed by atoms with Crippen LogP contribution in [0.3, 0.4) is 0 Å². The summed E-state index contributed by atoms with van der Waals surface area (Å²) in [5, 5.41) is 13.5. The highest BCUT2D eigenvalue weighted by Gasteiger charge is 2.37. The van der Waals surface area contributed by atoms with Crippen molar-refractivity contribution in [2.75, 3.05) is 0 Å². The fourth-order valence-electron chi connectivity index (χ4n) is 2.10. The van der Waals surface area contributed by atoms with E-state index in [2.05, 4.69) is 20.4 Å². The van der Waals surface area contributed by atoms with Gasteiger partial charge in [-0.1, -0.05) is 29.8 Å². The summed E-state index contributed by atoms with van der Waals surface area (Å²) in [6, 6.07) is 9.07. The second-order valence-electron chi connectivity index (χ2n) is 4.94. The number of benzene rings is 1. The Kier molecular flexibility index (Phi) is 4.48. The van der Waals surface area contributed by atoms with Crippen molar-refractivity contribution in [3.63, 3.8) is 0 Å². The van der Waals surface area contributed by atoms with E-state index in [4.69, 9.17) is 23.8 Å². The van der Waals surface area contributed by atoms with E-state index in [-0.39, 0.29) is 9.92 Å². The van der Waals surface area contributed by atoms with Gasteiger partial charge in [0.1, 0.15) is 5.15 Å². The van der Waals surface area contributed by atoms with Crippen LogP contribution in [0.25, 0.3) is 5.69 Å². The van der Waals surface area contributed by atoms with Gasteiger partial charge in [-0.05, 0) is 31.3 Å². The number of aromatic nitrogens is 5. The molecule has 0 amide bonds. The number of alkyl halides is 3. The van der Waals surface area contributed by atoms with Crippen molar-refractivity contribution in [2.45, 2.75) is 13.1 Å². The van der Waals surface area contributed by atoms with Gasteiger partial charge in [0.2, 0.25) is 4.77 Å². The largest absolute Gasteiger partial charge is 0.453 e. The molecule has 3 rings (SSSR count). The molecule has 6 nitrogen and oxygen atoms in total. The normalized spacial score (nSPS) is 12.2. The zero-order valence-corrected chi connectivity index (χ0v) is 14.2. The van der Waals surface area contributed by atoms with Crippen LogP contribution < -0.4 is 0 Å². The van der Waals surface area contributed by atoms with Crippen LogP contribution in [0.4, 0.5) is 13.2 Å². The van der Waals surface area contributed by atoms with Gasteiger partial charge >= 0.3 is 6.18 Å². The lowest BCUT2D eigenvalue weighted by molar-refractivity contribution is -0.147. The van der Waals surface area contributed by atoms with E-state index in [1.54, 1.807) is 19.1 Å². The Morgan fingerprint density at radius 2 is 1.96 bits per heavy atom. The van der Waals surface area contributed by atoms with Crippen LogP contribution in [0.15, 0.2) is 35.4 Å². The van der Waals surface area contributed by atoms with E-state index in [9.17, 15) is 13.2 Å². The van der Waals surface area contributed by atoms with E-state index in [1.165, 1.54) is 10.9 Å². The molecule has 2 heterocycles. The van der Waals surface area contributed by atoms with E-state index < -0.39 is 12.0 Å². The molecule has 0 aliphatic heterocycles. The zero-order valence-electron chi connectivity index (χ0n) is 12.6. The van der Waals surface area contributed by atoms with Gasteiger partial charge in [-0.15, -0.1) is 5.10 Å². The molecule has 130 valence electrons. The van der Waals surface area contributed by atoms with Crippen LogP contribution in [0.2, 0.25) is 5.15 Å². The molecule has 0 unspecified atom stereocenters. The maximum Gasteiger partial charge on any atom is 0.453 e. The summed E-state index contributed by atoms with van der Waals surface area (Å²) in [5.41, 5.74) is 1.59. The first-order valence-corrected chi connectivity index (χ1v) is 7.67. The van der Waals surface area contributed by atoms with Crippen molar-refractivity contribution in [1.82, 2.24) is 24.7 Å². The molecular weight excluding hydrogens is 377 g/mol. The monoisotopic (exact) mass is 386 g/mol. The highest BCUT2D eigenvalue weighted by molar-refractivity contribution is 7.71. The molecule has 2 aromatic heterocycles. The summed E-state index contributed by atoms with van der Waals surface area (Å²) in [6.45, 7) is 1.67. The summed E-state index contributed by atoms with van der Waals surface area (Å²) in [5.74, 6) is -1.25. The number of hydrogen-bond donors (Lipinski definition) is 1. The Hall–Kier alpha value is -2.46. The third-order valence-corrected chi connectivity index (χ3v) is 3.88. The third-order valence-electron chi connectivity index (χ3n) is 3.26. The molecule has 0 spiro atoms. The van der Waals surface area contributed by atoms with Gasteiger partial charge in [-0.2, -0.15) is 28.0 Å². The molecule has 11 heteroatoms. The number of H-pyrrole nitrogens is 1. The lowest BCUT2D eigenvalue weighted by Gasteiger charge is -2.04. The third kappa shape index (κ3) is 3.35. The van der Waals surface area contributed by atoms with Crippen molar-refractivity contribution in [1.29, 1.82) is 0 Å². The second-order valence-corrected chi connectivity index (χ2v) is 5.69. The number of rotatable bonds is 3. The Morgan fingerprint density at radius 1 is 1.28 bits per heavy atom. The zero-order chi connectivity index (χ0) is 18.2. The molecule has 0 atom stereocenters. The quantitative estimate of drug-likeness (QED) is 0.547. The van der Waals surface area contributed by atoms with Gasteiger partial charge < -0.3 is 0 Å². The van der Waals surface area contributed by atoms with E-state index >= 15 is 0 Å². The SMILES string of the molecule is Cc1nn(-c2ccccc2)c(Cl)c1/C=N/n1c(C(F)(F)F)n[nH]c1=S. The Morgan fingerprint density at radius 3 is 2.60 bits per heavy atom. The van der Waals surface area contributed by atoms with Gasteiger partial charge in [0.15, 0.2) is 0 Å². The Balaban J connectivity index is 2.03. The highest BCUT2D eigenvalue weighted by Crippen LogP contribution is 2.27. The van der Waals surface area contributed by atoms with Crippen molar-refractivity contribution in [3.05, 3.63) is 57.3 Å². The number of hydrogen-bond acceptors (Lipinski definition) is 4. The van der Waals surface area contributed by atoms with E-state index in [0.29, 0.717) is 21.6 Å². The minimum Gasteiger partial charge on any atom is -0.250 e. The maximum absolute atomic E-state index is 12.9. The van der Waals surface area contributed by atoms with Crippen molar-refractivity contribution < 1.29 is 13.2 Å². The minimum atomic E-state index is -4.70. The summed E-state index contributed by atoms with van der Waals surface area (Å²) >= 11 is 11.1. The van der Waals surface area contributed by atoms with Crippen LogP contribution >= 0.6 is 23.8 Å². The van der Waals surface area contributed by atoms with Gasteiger partial charge in [0.25, 0.3) is 5.82 Å². The number of nitrogens with one attached hydrogen (secondary N) is 1. The summed E-state index contributed by atoms with van der Waals surface area (Å²) in [4.78, 5) is 0. The molecule has 0 aliphatic rings. The summed E-state index contributed by atoms with van der Waals surface area (Å²) < 4.78 is 40.4. The minimum absolute atomic E-state index is 0.219. The molecule has 0 fully saturated rings. The first kappa shape index (κ1) is 17.4. The number of para-hydroxylation sites is 1. The van der Waals surface area contributed by atoms with Gasteiger partial charge in [0.05, 0.1) is 23.2 Å². The second kappa shape index (κ2) is 6.45. The maximum atomic E-state index is 12.9. The summed E-state index contributed by atoms with van der Waals surface area (Å²) in [7, 11) is 0. The molecule has 1 N–H and O–H groups in total. The van der Waals surface area contributed by atoms with Crippen molar-refractivity contribution in [2.24, 2.45) is 5.10 Å². The molecule has 0 aliphatic carbocycles. The highest BCUT2D eigenvalue weighted by atomic mass is 35.5. The molecular formula is C14H10ClF3N6S. The van der Waals surface area contributed by atoms with Gasteiger partial charge in [-0.25, -0.2) is 9.78 Å².